The van der Waals surface area contributed by atoms with Crippen LogP contribution >= 0.6 is 11.6 Å². The number of carbonyl (C=O) groups is 1. The van der Waals surface area contributed by atoms with Crippen LogP contribution in [-0.4, -0.2) is 5.97 Å². The average molecular weight is 389 g/mol. The summed E-state index contributed by atoms with van der Waals surface area (Å²) in [6, 6.07) is 6.21. The molecule has 27 heavy (non-hydrogen) atoms. The summed E-state index contributed by atoms with van der Waals surface area (Å²) in [6.45, 7) is 4.03. The molecule has 0 aliphatic heterocycles. The molecular weight excluding hydrogens is 368 g/mol. The van der Waals surface area contributed by atoms with E-state index < -0.39 is 5.97 Å². The van der Waals surface area contributed by atoms with Crippen LogP contribution in [0.4, 0.5) is 0 Å². The van der Waals surface area contributed by atoms with Crippen molar-refractivity contribution in [1.82, 2.24) is 0 Å². The van der Waals surface area contributed by atoms with Gasteiger partial charge in [0.25, 0.3) is 0 Å². The largest absolute Gasteiger partial charge is 0.457 e. The molecule has 0 unspecified atom stereocenters. The van der Waals surface area contributed by atoms with Crippen molar-refractivity contribution in [3.05, 3.63) is 62.9 Å². The molecule has 0 radical (unpaired) electrons. The molecule has 3 aromatic rings. The fourth-order valence-corrected chi connectivity index (χ4v) is 3.23. The van der Waals surface area contributed by atoms with E-state index in [2.05, 4.69) is 6.92 Å². The second-order valence-electron chi connectivity index (χ2n) is 6.45. The van der Waals surface area contributed by atoms with E-state index in [9.17, 15) is 9.59 Å². The minimum absolute atomic E-state index is 0.0613. The Kier molecular flexibility index (Phi) is 6.01. The number of benzene rings is 1. The first kappa shape index (κ1) is 19.2. The Morgan fingerprint density at radius 1 is 1.22 bits per heavy atom. The highest BCUT2D eigenvalue weighted by atomic mass is 35.5. The normalized spacial score (nSPS) is 11.1. The fraction of sp³-hybridized carbons (Fsp3) is 0.333. The van der Waals surface area contributed by atoms with Crippen LogP contribution in [0.1, 0.15) is 54.3 Å². The lowest BCUT2D eigenvalue weighted by Crippen LogP contribution is -2.11. The minimum atomic E-state index is -0.673. The van der Waals surface area contributed by atoms with E-state index in [-0.39, 0.29) is 22.2 Å². The van der Waals surface area contributed by atoms with Gasteiger partial charge in [0.1, 0.15) is 5.58 Å². The molecule has 3 rings (SSSR count). The molecule has 0 aliphatic rings. The lowest BCUT2D eigenvalue weighted by molar-refractivity contribution is 0.0701. The zero-order valence-corrected chi connectivity index (χ0v) is 16.1. The van der Waals surface area contributed by atoms with Crippen LogP contribution in [0.2, 0.25) is 5.02 Å². The number of unbranched alkanes of at least 4 members (excludes halogenated alkanes) is 3. The van der Waals surface area contributed by atoms with Crippen LogP contribution in [0.3, 0.4) is 0 Å². The van der Waals surface area contributed by atoms with Crippen LogP contribution in [0.5, 0.6) is 5.75 Å². The fourth-order valence-electron chi connectivity index (χ4n) is 3.03. The van der Waals surface area contributed by atoms with Crippen LogP contribution in [0, 0.1) is 6.92 Å². The molecule has 0 bridgehead atoms. The molecule has 0 aliphatic carbocycles. The van der Waals surface area contributed by atoms with Gasteiger partial charge in [-0.3, -0.25) is 0 Å². The van der Waals surface area contributed by atoms with Gasteiger partial charge < -0.3 is 13.6 Å². The van der Waals surface area contributed by atoms with E-state index in [0.717, 1.165) is 36.6 Å². The Bertz CT molecular complexity index is 1000. The van der Waals surface area contributed by atoms with Gasteiger partial charge in [-0.25, -0.2) is 9.59 Å². The number of fused-ring (bicyclic) bond motifs is 1. The summed E-state index contributed by atoms with van der Waals surface area (Å²) < 4.78 is 15.8. The Morgan fingerprint density at radius 2 is 2.04 bits per heavy atom. The van der Waals surface area contributed by atoms with E-state index in [4.69, 9.17) is 25.2 Å². The van der Waals surface area contributed by atoms with Gasteiger partial charge in [-0.2, -0.15) is 0 Å². The summed E-state index contributed by atoms with van der Waals surface area (Å²) in [7, 11) is 0. The summed E-state index contributed by atoms with van der Waals surface area (Å²) in [5.74, 6) is -0.497. The maximum absolute atomic E-state index is 12.4. The van der Waals surface area contributed by atoms with Crippen molar-refractivity contribution in [2.45, 2.75) is 46.0 Å². The quantitative estimate of drug-likeness (QED) is 0.225. The molecule has 0 saturated carbocycles. The van der Waals surface area contributed by atoms with Gasteiger partial charge in [-0.05, 0) is 43.5 Å². The molecule has 0 N–H and O–H groups in total. The third-order valence-corrected chi connectivity index (χ3v) is 4.84. The highest BCUT2D eigenvalue weighted by Crippen LogP contribution is 2.32. The maximum Gasteiger partial charge on any atom is 0.379 e. The third-order valence-electron chi connectivity index (χ3n) is 4.55. The van der Waals surface area contributed by atoms with E-state index in [1.54, 1.807) is 12.1 Å². The summed E-state index contributed by atoms with van der Waals surface area (Å²) in [5.41, 5.74) is 1.50. The summed E-state index contributed by atoms with van der Waals surface area (Å²) >= 11 is 6.29. The van der Waals surface area contributed by atoms with Crippen molar-refractivity contribution in [3.63, 3.8) is 0 Å². The monoisotopic (exact) mass is 388 g/mol. The van der Waals surface area contributed by atoms with Crippen molar-refractivity contribution in [3.8, 4) is 5.75 Å². The van der Waals surface area contributed by atoms with Crippen LogP contribution < -0.4 is 10.4 Å². The third kappa shape index (κ3) is 4.25. The Morgan fingerprint density at radius 3 is 2.74 bits per heavy atom. The zero-order valence-electron chi connectivity index (χ0n) is 15.3. The highest BCUT2D eigenvalue weighted by molar-refractivity contribution is 6.33. The minimum Gasteiger partial charge on any atom is -0.457 e. The number of rotatable bonds is 7. The Labute approximate surface area is 161 Å². The molecule has 0 amide bonds. The number of furan rings is 1. The molecule has 0 atom stereocenters. The van der Waals surface area contributed by atoms with Crippen LogP contribution in [-0.2, 0) is 6.42 Å². The van der Waals surface area contributed by atoms with E-state index in [1.165, 1.54) is 18.4 Å². The Hall–Kier alpha value is -2.53. The number of hydrogen-bond donors (Lipinski definition) is 0. The number of carbonyl (C=O) groups excluding carboxylic acids is 1. The second kappa shape index (κ2) is 8.44. The molecule has 0 saturated heterocycles. The van der Waals surface area contributed by atoms with E-state index >= 15 is 0 Å². The van der Waals surface area contributed by atoms with E-state index in [0.29, 0.717) is 17.6 Å². The first-order valence-electron chi connectivity index (χ1n) is 9.02. The summed E-state index contributed by atoms with van der Waals surface area (Å²) in [4.78, 5) is 24.5. The number of hydrogen-bond acceptors (Lipinski definition) is 5. The number of halogens is 1. The van der Waals surface area contributed by atoms with Gasteiger partial charge >= 0.3 is 11.6 Å². The summed E-state index contributed by atoms with van der Waals surface area (Å²) in [6.07, 6.45) is 6.36. The number of esters is 1. The van der Waals surface area contributed by atoms with Crippen molar-refractivity contribution in [2.75, 3.05) is 0 Å². The smallest absolute Gasteiger partial charge is 0.379 e. The first-order chi connectivity index (χ1) is 13.0. The lowest BCUT2D eigenvalue weighted by atomic mass is 10.0. The SMILES string of the molecule is CCCCCCc1c(C)c2cc(Cl)c(OC(=O)c3ccco3)cc2oc1=O. The molecule has 142 valence electrons. The molecule has 2 aromatic heterocycles. The molecule has 0 spiro atoms. The van der Waals surface area contributed by atoms with Crippen molar-refractivity contribution < 1.29 is 18.4 Å². The predicted molar refractivity (Wildman–Crippen MR) is 104 cm³/mol. The predicted octanol–water partition coefficient (Wildman–Crippen LogP) is 5.69. The van der Waals surface area contributed by atoms with Crippen LogP contribution in [0.15, 0.2) is 44.2 Å². The van der Waals surface area contributed by atoms with Crippen molar-refractivity contribution in [1.29, 1.82) is 0 Å². The first-order valence-corrected chi connectivity index (χ1v) is 9.40. The maximum atomic E-state index is 12.4. The van der Waals surface area contributed by atoms with Gasteiger partial charge in [0.2, 0.25) is 5.76 Å². The van der Waals surface area contributed by atoms with Gasteiger partial charge in [-0.15, -0.1) is 0 Å². The Balaban J connectivity index is 1.91. The average Bonchev–Trinajstić information content (AvgIpc) is 3.17. The number of ether oxygens (including phenoxy) is 1. The van der Waals surface area contributed by atoms with Gasteiger partial charge in [0, 0.05) is 17.0 Å². The van der Waals surface area contributed by atoms with Gasteiger partial charge in [0.05, 0.1) is 11.3 Å². The van der Waals surface area contributed by atoms with Crippen molar-refractivity contribution in [2.24, 2.45) is 0 Å². The molecule has 1 aromatic carbocycles. The second-order valence-corrected chi connectivity index (χ2v) is 6.86. The molecule has 0 fully saturated rings. The summed E-state index contributed by atoms with van der Waals surface area (Å²) in [5, 5.41) is 0.999. The molecule has 2 heterocycles. The molecular formula is C21H21ClO5. The lowest BCUT2D eigenvalue weighted by Gasteiger charge is -2.10. The molecule has 6 heteroatoms. The van der Waals surface area contributed by atoms with Gasteiger partial charge in [-0.1, -0.05) is 37.8 Å². The standard InChI is InChI=1S/C21H21ClO5/c1-3-4-5-6-8-14-13(2)15-11-16(22)19(12-18(15)26-20(14)23)27-21(24)17-9-7-10-25-17/h7,9-12H,3-6,8H2,1-2H3. The van der Waals surface area contributed by atoms with Gasteiger partial charge in [0.15, 0.2) is 5.75 Å². The van der Waals surface area contributed by atoms with Crippen LogP contribution in [0.25, 0.3) is 11.0 Å². The number of aryl methyl sites for hydroxylation is 1. The van der Waals surface area contributed by atoms with E-state index in [1.807, 2.05) is 6.92 Å². The highest BCUT2D eigenvalue weighted by Gasteiger charge is 2.17. The topological polar surface area (TPSA) is 69.7 Å². The van der Waals surface area contributed by atoms with Crippen molar-refractivity contribution >= 4 is 28.5 Å². The molecule has 5 nitrogen and oxygen atoms in total. The zero-order chi connectivity index (χ0) is 19.4.